The highest BCUT2D eigenvalue weighted by Crippen LogP contribution is 2.41. The van der Waals surface area contributed by atoms with E-state index < -0.39 is 0 Å². The molecule has 17 heavy (non-hydrogen) atoms. The fourth-order valence-corrected chi connectivity index (χ4v) is 2.86. The molecular weight excluding hydrogens is 204 g/mol. The van der Waals surface area contributed by atoms with E-state index in [1.165, 1.54) is 39.0 Å². The molecule has 0 amide bonds. The Morgan fingerprint density at radius 2 is 1.71 bits per heavy atom. The molecule has 0 N–H and O–H groups in total. The third kappa shape index (κ3) is 1.86. The molecule has 0 heteroatoms. The quantitative estimate of drug-likeness (QED) is 0.582. The molecule has 0 saturated carbocycles. The van der Waals surface area contributed by atoms with Crippen LogP contribution in [0.5, 0.6) is 0 Å². The van der Waals surface area contributed by atoms with Crippen LogP contribution in [0.2, 0.25) is 0 Å². The van der Waals surface area contributed by atoms with Gasteiger partial charge in [-0.15, -0.1) is 0 Å². The monoisotopic (exact) mass is 226 g/mol. The van der Waals surface area contributed by atoms with Crippen LogP contribution in [0.4, 0.5) is 0 Å². The van der Waals surface area contributed by atoms with Gasteiger partial charge in [0.25, 0.3) is 0 Å². The van der Waals surface area contributed by atoms with Crippen molar-refractivity contribution in [2.45, 2.75) is 41.5 Å². The van der Waals surface area contributed by atoms with Crippen LogP contribution < -0.4 is 0 Å². The molecule has 0 nitrogen and oxygen atoms in total. The molecule has 90 valence electrons. The Morgan fingerprint density at radius 1 is 1.06 bits per heavy atom. The van der Waals surface area contributed by atoms with Crippen LogP contribution in [0.25, 0.3) is 0 Å². The zero-order chi connectivity index (χ0) is 12.7. The zero-order valence-electron chi connectivity index (χ0n) is 11.8. The highest BCUT2D eigenvalue weighted by Gasteiger charge is 2.24. The molecule has 0 aromatic carbocycles. The lowest BCUT2D eigenvalue weighted by Crippen LogP contribution is -1.98. The smallest absolute Gasteiger partial charge is 0.000144 e. The Kier molecular flexibility index (Phi) is 2.99. The van der Waals surface area contributed by atoms with E-state index in [2.05, 4.69) is 59.8 Å². The third-order valence-corrected chi connectivity index (χ3v) is 4.00. The van der Waals surface area contributed by atoms with E-state index in [9.17, 15) is 0 Å². The Hall–Kier alpha value is -1.30. The molecule has 2 aliphatic carbocycles. The average molecular weight is 226 g/mol. The summed E-state index contributed by atoms with van der Waals surface area (Å²) >= 11 is 0. The second kappa shape index (κ2) is 4.18. The summed E-state index contributed by atoms with van der Waals surface area (Å²) in [6.07, 6.45) is 6.93. The van der Waals surface area contributed by atoms with E-state index in [0.717, 1.165) is 0 Å². The number of hydrogen-bond acceptors (Lipinski definition) is 0. The maximum Gasteiger partial charge on any atom is 0.000144 e. The summed E-state index contributed by atoms with van der Waals surface area (Å²) in [6.45, 7) is 13.4. The van der Waals surface area contributed by atoms with Gasteiger partial charge in [0, 0.05) is 5.92 Å². The van der Waals surface area contributed by atoms with Crippen molar-refractivity contribution in [3.05, 3.63) is 57.2 Å². The van der Waals surface area contributed by atoms with Gasteiger partial charge >= 0.3 is 0 Å². The average Bonchev–Trinajstić information content (AvgIpc) is 2.72. The van der Waals surface area contributed by atoms with Gasteiger partial charge in [-0.25, -0.2) is 0 Å². The standard InChI is InChI=1S/C17H22/c1-10(2)15-9-16(14(6)13(15)5)17-11(3)7-8-12(17)4/h7-9,11H,1-6H3. The van der Waals surface area contributed by atoms with Crippen LogP contribution >= 0.6 is 0 Å². The van der Waals surface area contributed by atoms with Crippen molar-refractivity contribution < 1.29 is 0 Å². The number of rotatable bonds is 1. The molecule has 0 aromatic heterocycles. The van der Waals surface area contributed by atoms with Crippen molar-refractivity contribution in [1.82, 2.24) is 0 Å². The molecule has 2 aliphatic rings. The number of hydrogen-bond donors (Lipinski definition) is 0. The van der Waals surface area contributed by atoms with Crippen molar-refractivity contribution in [3.63, 3.8) is 0 Å². The third-order valence-electron chi connectivity index (χ3n) is 4.00. The van der Waals surface area contributed by atoms with Crippen LogP contribution in [-0.2, 0) is 0 Å². The van der Waals surface area contributed by atoms with Gasteiger partial charge in [0.1, 0.15) is 0 Å². The SMILES string of the molecule is CC(C)=C1C=C(C2=C(C)C=CC2C)C(C)=C1C. The van der Waals surface area contributed by atoms with Gasteiger partial charge in [0.2, 0.25) is 0 Å². The van der Waals surface area contributed by atoms with Gasteiger partial charge in [0.05, 0.1) is 0 Å². The summed E-state index contributed by atoms with van der Waals surface area (Å²) in [5.74, 6) is 0.556. The van der Waals surface area contributed by atoms with Crippen LogP contribution in [0.15, 0.2) is 57.2 Å². The first-order valence-corrected chi connectivity index (χ1v) is 6.40. The van der Waals surface area contributed by atoms with Gasteiger partial charge < -0.3 is 0 Å². The highest BCUT2D eigenvalue weighted by atomic mass is 14.3. The number of allylic oxidation sites excluding steroid dienone is 10. The lowest BCUT2D eigenvalue weighted by molar-refractivity contribution is 0.888. The predicted octanol–water partition coefficient (Wildman–Crippen LogP) is 5.12. The second-order valence-electron chi connectivity index (χ2n) is 5.47. The molecule has 0 saturated heterocycles. The van der Waals surface area contributed by atoms with E-state index in [-0.39, 0.29) is 0 Å². The van der Waals surface area contributed by atoms with Crippen LogP contribution in [-0.4, -0.2) is 0 Å². The van der Waals surface area contributed by atoms with Gasteiger partial charge in [-0.3, -0.25) is 0 Å². The summed E-state index contributed by atoms with van der Waals surface area (Å²) in [5.41, 5.74) is 10.1. The van der Waals surface area contributed by atoms with Gasteiger partial charge in [-0.1, -0.05) is 24.6 Å². The van der Waals surface area contributed by atoms with Crippen LogP contribution in [0, 0.1) is 5.92 Å². The lowest BCUT2D eigenvalue weighted by atomic mass is 9.91. The summed E-state index contributed by atoms with van der Waals surface area (Å²) in [6, 6.07) is 0. The van der Waals surface area contributed by atoms with Gasteiger partial charge in [-0.05, 0) is 74.1 Å². The minimum absolute atomic E-state index is 0.556. The van der Waals surface area contributed by atoms with E-state index in [4.69, 9.17) is 0 Å². The fourth-order valence-electron chi connectivity index (χ4n) is 2.86. The topological polar surface area (TPSA) is 0 Å². The van der Waals surface area contributed by atoms with Crippen LogP contribution in [0.1, 0.15) is 41.5 Å². The van der Waals surface area contributed by atoms with E-state index >= 15 is 0 Å². The van der Waals surface area contributed by atoms with Crippen molar-refractivity contribution in [2.75, 3.05) is 0 Å². The Balaban J connectivity index is 2.55. The summed E-state index contributed by atoms with van der Waals surface area (Å²) in [5, 5.41) is 0. The molecule has 0 radical (unpaired) electrons. The summed E-state index contributed by atoms with van der Waals surface area (Å²) < 4.78 is 0. The first kappa shape index (κ1) is 12.2. The van der Waals surface area contributed by atoms with E-state index in [0.29, 0.717) is 5.92 Å². The molecular formula is C17H22. The first-order chi connectivity index (χ1) is 7.93. The minimum Gasteiger partial charge on any atom is -0.0770 e. The van der Waals surface area contributed by atoms with E-state index in [1.807, 2.05) is 0 Å². The Bertz CT molecular complexity index is 512. The molecule has 0 aromatic rings. The fraction of sp³-hybridized carbons (Fsp3) is 0.412. The zero-order valence-corrected chi connectivity index (χ0v) is 11.8. The van der Waals surface area contributed by atoms with Crippen molar-refractivity contribution in [3.8, 4) is 0 Å². The van der Waals surface area contributed by atoms with Crippen molar-refractivity contribution in [1.29, 1.82) is 0 Å². The molecule has 1 unspecified atom stereocenters. The summed E-state index contributed by atoms with van der Waals surface area (Å²) in [4.78, 5) is 0. The lowest BCUT2D eigenvalue weighted by Gasteiger charge is -2.13. The second-order valence-corrected chi connectivity index (χ2v) is 5.47. The van der Waals surface area contributed by atoms with E-state index in [1.54, 1.807) is 0 Å². The molecule has 0 aliphatic heterocycles. The summed E-state index contributed by atoms with van der Waals surface area (Å²) in [7, 11) is 0. The van der Waals surface area contributed by atoms with Crippen molar-refractivity contribution >= 4 is 0 Å². The molecule has 0 bridgehead atoms. The van der Waals surface area contributed by atoms with Gasteiger partial charge in [0.15, 0.2) is 0 Å². The predicted molar refractivity (Wildman–Crippen MR) is 75.8 cm³/mol. The Labute approximate surface area is 105 Å². The largest absolute Gasteiger partial charge is 0.0770 e. The van der Waals surface area contributed by atoms with Crippen LogP contribution in [0.3, 0.4) is 0 Å². The molecule has 0 spiro atoms. The molecule has 0 heterocycles. The maximum absolute atomic E-state index is 2.38. The minimum atomic E-state index is 0.556. The molecule has 2 rings (SSSR count). The normalized spacial score (nSPS) is 24.0. The maximum atomic E-state index is 2.38. The Morgan fingerprint density at radius 3 is 2.12 bits per heavy atom. The molecule has 1 atom stereocenters. The highest BCUT2D eigenvalue weighted by molar-refractivity contribution is 5.67. The first-order valence-electron chi connectivity index (χ1n) is 6.40. The molecule has 0 fully saturated rings. The van der Waals surface area contributed by atoms with Gasteiger partial charge in [-0.2, -0.15) is 0 Å². The van der Waals surface area contributed by atoms with Crippen molar-refractivity contribution in [2.24, 2.45) is 5.92 Å².